The Morgan fingerprint density at radius 1 is 1.21 bits per heavy atom. The molecule has 1 amide bonds. The number of rotatable bonds is 1. The van der Waals surface area contributed by atoms with Crippen LogP contribution in [0.15, 0.2) is 22.7 Å². The van der Waals surface area contributed by atoms with Gasteiger partial charge in [0, 0.05) is 29.2 Å². The van der Waals surface area contributed by atoms with E-state index in [1.165, 1.54) is 31.5 Å². The maximum Gasteiger partial charge on any atom is 0.254 e. The van der Waals surface area contributed by atoms with Gasteiger partial charge in [0.1, 0.15) is 0 Å². The number of piperidine rings is 3. The number of carbonyl (C=O) groups excluding carboxylic acids is 1. The first-order chi connectivity index (χ1) is 9.22. The van der Waals surface area contributed by atoms with E-state index in [2.05, 4.69) is 31.8 Å². The Bertz CT molecular complexity index is 537. The fraction of sp³-hybridized carbons (Fsp3) is 0.533. The Balaban J connectivity index is 1.63. The summed E-state index contributed by atoms with van der Waals surface area (Å²) in [4.78, 5) is 17.2. The highest BCUT2D eigenvalue weighted by atomic mass is 79.9. The van der Waals surface area contributed by atoms with Gasteiger partial charge in [0.15, 0.2) is 0 Å². The van der Waals surface area contributed by atoms with Crippen LogP contribution >= 0.6 is 15.9 Å². The minimum absolute atomic E-state index is 0.237. The van der Waals surface area contributed by atoms with Crippen LogP contribution in [0.1, 0.15) is 28.8 Å². The van der Waals surface area contributed by atoms with Gasteiger partial charge in [-0.1, -0.05) is 15.9 Å². The largest absolute Gasteiger partial charge is 0.330 e. The van der Waals surface area contributed by atoms with E-state index in [-0.39, 0.29) is 5.91 Å². The van der Waals surface area contributed by atoms with Crippen LogP contribution in [-0.4, -0.2) is 41.4 Å². The van der Waals surface area contributed by atoms with Gasteiger partial charge in [-0.05, 0) is 55.6 Å². The van der Waals surface area contributed by atoms with Crippen molar-refractivity contribution in [3.8, 4) is 0 Å². The zero-order chi connectivity index (χ0) is 13.0. The standard InChI is InChI=1S/C15H17BrN2O/c16-12-1-2-13-11(7-12)8-18(15(13)19)14-9-17-5-3-10(14)4-6-17/h1-2,7,10,14H,3-6,8-9H2. The Morgan fingerprint density at radius 3 is 2.68 bits per heavy atom. The number of hydrogen-bond donors (Lipinski definition) is 0. The highest BCUT2D eigenvalue weighted by Crippen LogP contribution is 2.35. The lowest BCUT2D eigenvalue weighted by molar-refractivity contribution is 0.00846. The van der Waals surface area contributed by atoms with Gasteiger partial charge < -0.3 is 9.80 Å². The molecule has 5 rings (SSSR count). The molecule has 3 nitrogen and oxygen atoms in total. The lowest BCUT2D eigenvalue weighted by Gasteiger charge is -2.48. The molecule has 0 radical (unpaired) electrons. The first-order valence-electron chi connectivity index (χ1n) is 7.04. The molecule has 1 atom stereocenters. The summed E-state index contributed by atoms with van der Waals surface area (Å²) in [5, 5.41) is 0. The summed E-state index contributed by atoms with van der Waals surface area (Å²) in [5.41, 5.74) is 2.08. The van der Waals surface area contributed by atoms with E-state index < -0.39 is 0 Å². The second-order valence-electron chi connectivity index (χ2n) is 5.94. The second-order valence-corrected chi connectivity index (χ2v) is 6.86. The third-order valence-corrected chi connectivity index (χ3v) is 5.41. The minimum atomic E-state index is 0.237. The SMILES string of the molecule is O=C1c2ccc(Br)cc2CN1C1CN2CCC1CC2. The van der Waals surface area contributed by atoms with Crippen molar-refractivity contribution < 1.29 is 4.79 Å². The van der Waals surface area contributed by atoms with Crippen molar-refractivity contribution in [3.63, 3.8) is 0 Å². The zero-order valence-corrected chi connectivity index (χ0v) is 12.4. The van der Waals surface area contributed by atoms with Crippen LogP contribution in [0, 0.1) is 5.92 Å². The molecule has 100 valence electrons. The second kappa shape index (κ2) is 4.32. The lowest BCUT2D eigenvalue weighted by atomic mass is 9.83. The van der Waals surface area contributed by atoms with Crippen molar-refractivity contribution in [1.82, 2.24) is 9.80 Å². The summed E-state index contributed by atoms with van der Waals surface area (Å²) < 4.78 is 1.06. The Morgan fingerprint density at radius 2 is 2.00 bits per heavy atom. The first kappa shape index (κ1) is 11.9. The van der Waals surface area contributed by atoms with E-state index in [0.717, 1.165) is 23.1 Å². The Kier molecular flexibility index (Phi) is 2.71. The molecule has 0 N–H and O–H groups in total. The number of benzene rings is 1. The van der Waals surface area contributed by atoms with E-state index >= 15 is 0 Å². The van der Waals surface area contributed by atoms with Gasteiger partial charge in [-0.2, -0.15) is 0 Å². The molecule has 4 aliphatic rings. The van der Waals surface area contributed by atoms with Crippen molar-refractivity contribution in [3.05, 3.63) is 33.8 Å². The minimum Gasteiger partial charge on any atom is -0.330 e. The van der Waals surface area contributed by atoms with Crippen LogP contribution < -0.4 is 0 Å². The van der Waals surface area contributed by atoms with Crippen LogP contribution in [0.2, 0.25) is 0 Å². The van der Waals surface area contributed by atoms with Crippen molar-refractivity contribution in [2.24, 2.45) is 5.92 Å². The molecule has 1 unspecified atom stereocenters. The van der Waals surface area contributed by atoms with Crippen molar-refractivity contribution in [2.45, 2.75) is 25.4 Å². The van der Waals surface area contributed by atoms with Crippen LogP contribution in [0.5, 0.6) is 0 Å². The maximum absolute atomic E-state index is 12.6. The molecule has 4 aliphatic heterocycles. The maximum atomic E-state index is 12.6. The molecule has 0 aliphatic carbocycles. The fourth-order valence-corrected chi connectivity index (χ4v) is 4.28. The van der Waals surface area contributed by atoms with Gasteiger partial charge in [0.2, 0.25) is 0 Å². The highest BCUT2D eigenvalue weighted by molar-refractivity contribution is 9.10. The topological polar surface area (TPSA) is 23.6 Å². The van der Waals surface area contributed by atoms with Crippen molar-refractivity contribution in [2.75, 3.05) is 19.6 Å². The molecule has 2 bridgehead atoms. The molecule has 3 saturated heterocycles. The summed E-state index contributed by atoms with van der Waals surface area (Å²) in [7, 11) is 0. The molecule has 0 spiro atoms. The number of nitrogens with zero attached hydrogens (tertiary/aromatic N) is 2. The smallest absolute Gasteiger partial charge is 0.254 e. The van der Waals surface area contributed by atoms with Crippen molar-refractivity contribution in [1.29, 1.82) is 0 Å². The molecule has 0 aromatic heterocycles. The van der Waals surface area contributed by atoms with Gasteiger partial charge in [-0.15, -0.1) is 0 Å². The number of amides is 1. The van der Waals surface area contributed by atoms with Crippen molar-refractivity contribution >= 4 is 21.8 Å². The first-order valence-corrected chi connectivity index (χ1v) is 7.83. The van der Waals surface area contributed by atoms with E-state index in [9.17, 15) is 4.79 Å². The van der Waals surface area contributed by atoms with E-state index in [1.54, 1.807) is 0 Å². The predicted octanol–water partition coefficient (Wildman–Crippen LogP) is 2.50. The summed E-state index contributed by atoms with van der Waals surface area (Å²) in [6.45, 7) is 4.32. The molecule has 19 heavy (non-hydrogen) atoms. The average molecular weight is 321 g/mol. The average Bonchev–Trinajstić information content (AvgIpc) is 2.76. The monoisotopic (exact) mass is 320 g/mol. The molecule has 0 saturated carbocycles. The number of hydrogen-bond acceptors (Lipinski definition) is 2. The van der Waals surface area contributed by atoms with E-state index in [0.29, 0.717) is 12.0 Å². The zero-order valence-electron chi connectivity index (χ0n) is 10.8. The van der Waals surface area contributed by atoms with Crippen LogP contribution in [0.25, 0.3) is 0 Å². The molecular weight excluding hydrogens is 304 g/mol. The molecule has 3 fully saturated rings. The summed E-state index contributed by atoms with van der Waals surface area (Å²) in [6.07, 6.45) is 2.52. The third kappa shape index (κ3) is 1.84. The van der Waals surface area contributed by atoms with Gasteiger partial charge in [-0.3, -0.25) is 4.79 Å². The van der Waals surface area contributed by atoms with E-state index in [1.807, 2.05) is 12.1 Å². The Labute approximate surface area is 121 Å². The lowest BCUT2D eigenvalue weighted by Crippen LogP contribution is -2.57. The van der Waals surface area contributed by atoms with Crippen LogP contribution in [-0.2, 0) is 6.54 Å². The van der Waals surface area contributed by atoms with E-state index in [4.69, 9.17) is 0 Å². The molecule has 4 heterocycles. The molecular formula is C15H17BrN2O. The molecule has 4 heteroatoms. The summed E-state index contributed by atoms with van der Waals surface area (Å²) in [6, 6.07) is 6.45. The van der Waals surface area contributed by atoms with Gasteiger partial charge >= 0.3 is 0 Å². The molecule has 1 aromatic rings. The van der Waals surface area contributed by atoms with Crippen LogP contribution in [0.3, 0.4) is 0 Å². The third-order valence-electron chi connectivity index (χ3n) is 4.92. The Hall–Kier alpha value is -0.870. The highest BCUT2D eigenvalue weighted by Gasteiger charge is 2.42. The fourth-order valence-electron chi connectivity index (χ4n) is 3.87. The summed E-state index contributed by atoms with van der Waals surface area (Å²) >= 11 is 3.50. The normalized spacial score (nSPS) is 32.8. The van der Waals surface area contributed by atoms with Gasteiger partial charge in [0.05, 0.1) is 0 Å². The molecule has 1 aromatic carbocycles. The predicted molar refractivity (Wildman–Crippen MR) is 77.0 cm³/mol. The number of carbonyl (C=O) groups is 1. The summed E-state index contributed by atoms with van der Waals surface area (Å²) in [5.74, 6) is 0.952. The number of halogens is 1. The van der Waals surface area contributed by atoms with Gasteiger partial charge in [0.25, 0.3) is 5.91 Å². The quantitative estimate of drug-likeness (QED) is 0.793. The van der Waals surface area contributed by atoms with Crippen LogP contribution in [0.4, 0.5) is 0 Å². The number of fused-ring (bicyclic) bond motifs is 4. The van der Waals surface area contributed by atoms with Gasteiger partial charge in [-0.25, -0.2) is 0 Å².